The average molecular weight is 224 g/mol. The summed E-state index contributed by atoms with van der Waals surface area (Å²) >= 11 is 0. The normalized spacial score (nSPS) is 29.5. The van der Waals surface area contributed by atoms with Crippen LogP contribution in [0.3, 0.4) is 0 Å². The molecule has 1 saturated carbocycles. The van der Waals surface area contributed by atoms with Gasteiger partial charge >= 0.3 is 0 Å². The van der Waals surface area contributed by atoms with Crippen LogP contribution >= 0.6 is 0 Å². The van der Waals surface area contributed by atoms with E-state index in [0.717, 1.165) is 0 Å². The highest BCUT2D eigenvalue weighted by Crippen LogP contribution is 2.56. The fourth-order valence-corrected chi connectivity index (χ4v) is 3.59. The molecule has 0 aliphatic heterocycles. The number of hydrogen-bond donors (Lipinski definition) is 0. The van der Waals surface area contributed by atoms with Gasteiger partial charge in [-0.1, -0.05) is 31.6 Å². The fourth-order valence-electron chi connectivity index (χ4n) is 3.59. The monoisotopic (exact) mass is 224 g/mol. The topological polar surface area (TPSA) is 0 Å². The van der Waals surface area contributed by atoms with E-state index in [0.29, 0.717) is 5.92 Å². The van der Waals surface area contributed by atoms with Gasteiger partial charge in [0, 0.05) is 11.3 Å². The summed E-state index contributed by atoms with van der Waals surface area (Å²) in [6, 6.07) is 0. The largest absolute Gasteiger partial charge is 0.118 e. The van der Waals surface area contributed by atoms with Gasteiger partial charge in [-0.2, -0.15) is 0 Å². The first-order valence-electron chi connectivity index (χ1n) is 6.67. The van der Waals surface area contributed by atoms with Crippen LogP contribution in [-0.2, 0) is 0 Å². The molecule has 0 bridgehead atoms. The Hall–Kier alpha value is -1.26. The van der Waals surface area contributed by atoms with Gasteiger partial charge in [0.2, 0.25) is 0 Å². The maximum Gasteiger partial charge on any atom is 0.0114 e. The van der Waals surface area contributed by atoms with Crippen molar-refractivity contribution in [3.63, 3.8) is 0 Å². The van der Waals surface area contributed by atoms with E-state index in [1.165, 1.54) is 30.4 Å². The molecule has 17 heavy (non-hydrogen) atoms. The van der Waals surface area contributed by atoms with Crippen LogP contribution in [0.15, 0.2) is 52.3 Å². The Labute approximate surface area is 104 Å². The molecule has 3 rings (SSSR count). The van der Waals surface area contributed by atoms with E-state index < -0.39 is 0 Å². The van der Waals surface area contributed by atoms with E-state index in [-0.39, 0.29) is 5.41 Å². The van der Waals surface area contributed by atoms with Gasteiger partial charge < -0.3 is 0 Å². The first kappa shape index (κ1) is 10.9. The number of fused-ring (bicyclic) bond motifs is 3. The molecule has 0 unspecified atom stereocenters. The van der Waals surface area contributed by atoms with Gasteiger partial charge in [0.05, 0.1) is 0 Å². The molecule has 88 valence electrons. The van der Waals surface area contributed by atoms with Crippen molar-refractivity contribution in [2.75, 3.05) is 0 Å². The lowest BCUT2D eigenvalue weighted by atomic mass is 9.78. The molecule has 0 aromatic rings. The zero-order valence-corrected chi connectivity index (χ0v) is 11.0. The van der Waals surface area contributed by atoms with Crippen molar-refractivity contribution >= 4 is 0 Å². The molecule has 3 aliphatic rings. The second-order valence-electron chi connectivity index (χ2n) is 5.94. The van der Waals surface area contributed by atoms with Gasteiger partial charge in [0.15, 0.2) is 0 Å². The van der Waals surface area contributed by atoms with Crippen molar-refractivity contribution in [3.8, 4) is 0 Å². The third-order valence-corrected chi connectivity index (χ3v) is 4.45. The predicted molar refractivity (Wildman–Crippen MR) is 72.6 cm³/mol. The second kappa shape index (κ2) is 3.62. The lowest BCUT2D eigenvalue weighted by Crippen LogP contribution is -2.14. The predicted octanol–water partition coefficient (Wildman–Crippen LogP) is 4.72. The van der Waals surface area contributed by atoms with Gasteiger partial charge in [0.1, 0.15) is 0 Å². The molecular formula is C17H20. The summed E-state index contributed by atoms with van der Waals surface area (Å²) in [4.78, 5) is 0. The van der Waals surface area contributed by atoms with E-state index in [4.69, 9.17) is 0 Å². The highest BCUT2D eigenvalue weighted by molar-refractivity contribution is 5.58. The number of allylic oxidation sites excluding steroid dienone is 7. The molecule has 0 spiro atoms. The first-order chi connectivity index (χ1) is 8.10. The molecule has 0 N–H and O–H groups in total. The van der Waals surface area contributed by atoms with Crippen molar-refractivity contribution < 1.29 is 0 Å². The van der Waals surface area contributed by atoms with Crippen LogP contribution in [0.4, 0.5) is 0 Å². The van der Waals surface area contributed by atoms with E-state index in [1.54, 1.807) is 11.1 Å². The Morgan fingerprint density at radius 3 is 3.00 bits per heavy atom. The van der Waals surface area contributed by atoms with Gasteiger partial charge in [-0.3, -0.25) is 0 Å². The molecule has 0 saturated heterocycles. The van der Waals surface area contributed by atoms with Crippen LogP contribution in [0.2, 0.25) is 0 Å². The first-order valence-corrected chi connectivity index (χ1v) is 6.67. The van der Waals surface area contributed by atoms with Gasteiger partial charge in [-0.15, -0.1) is 5.73 Å². The third kappa shape index (κ3) is 1.51. The highest BCUT2D eigenvalue weighted by atomic mass is 14.5. The van der Waals surface area contributed by atoms with E-state index in [9.17, 15) is 0 Å². The van der Waals surface area contributed by atoms with Crippen LogP contribution < -0.4 is 0 Å². The van der Waals surface area contributed by atoms with Crippen molar-refractivity contribution in [1.82, 2.24) is 0 Å². The molecule has 0 nitrogen and oxygen atoms in total. The quantitative estimate of drug-likeness (QED) is 0.412. The molecular weight excluding hydrogens is 204 g/mol. The summed E-state index contributed by atoms with van der Waals surface area (Å²) in [6.45, 7) is 6.90. The Bertz CT molecular complexity index is 514. The molecule has 0 heteroatoms. The third-order valence-electron chi connectivity index (χ3n) is 4.45. The van der Waals surface area contributed by atoms with Crippen molar-refractivity contribution in [2.45, 2.75) is 40.0 Å². The maximum absolute atomic E-state index is 3.33. The van der Waals surface area contributed by atoms with E-state index >= 15 is 0 Å². The van der Waals surface area contributed by atoms with E-state index in [2.05, 4.69) is 50.8 Å². The molecule has 0 amide bonds. The van der Waals surface area contributed by atoms with Crippen LogP contribution in [0.1, 0.15) is 40.0 Å². The summed E-state index contributed by atoms with van der Waals surface area (Å²) in [7, 11) is 0. The fraction of sp³-hybridized carbons (Fsp3) is 0.471. The average Bonchev–Trinajstić information content (AvgIpc) is 2.45. The van der Waals surface area contributed by atoms with Gasteiger partial charge in [-0.25, -0.2) is 0 Å². The van der Waals surface area contributed by atoms with Crippen LogP contribution in [-0.4, -0.2) is 0 Å². The molecule has 3 aliphatic carbocycles. The van der Waals surface area contributed by atoms with Crippen LogP contribution in [0.5, 0.6) is 0 Å². The Morgan fingerprint density at radius 2 is 2.18 bits per heavy atom. The molecule has 1 fully saturated rings. The maximum atomic E-state index is 3.33. The lowest BCUT2D eigenvalue weighted by molar-refractivity contribution is 0.500. The highest BCUT2D eigenvalue weighted by Gasteiger charge is 2.44. The minimum absolute atomic E-state index is 0.220. The molecule has 0 heterocycles. The minimum Gasteiger partial charge on any atom is -0.118 e. The number of rotatable bonds is 0. The van der Waals surface area contributed by atoms with Crippen molar-refractivity contribution in [3.05, 3.63) is 52.3 Å². The van der Waals surface area contributed by atoms with Crippen LogP contribution in [0, 0.1) is 11.3 Å². The molecule has 1 atom stereocenters. The van der Waals surface area contributed by atoms with Gasteiger partial charge in [0.25, 0.3) is 0 Å². The summed E-state index contributed by atoms with van der Waals surface area (Å²) in [5, 5.41) is 0. The van der Waals surface area contributed by atoms with Crippen molar-refractivity contribution in [2.24, 2.45) is 11.3 Å². The Morgan fingerprint density at radius 1 is 1.35 bits per heavy atom. The zero-order valence-electron chi connectivity index (χ0n) is 11.0. The summed E-state index contributed by atoms with van der Waals surface area (Å²) < 4.78 is 0. The SMILES string of the molecule is CC1=C=CC=C2C(=C1)C(C)(C)C1=CCCC[C@H]21. The lowest BCUT2D eigenvalue weighted by Gasteiger charge is -2.26. The van der Waals surface area contributed by atoms with Crippen molar-refractivity contribution in [1.29, 1.82) is 0 Å². The second-order valence-corrected chi connectivity index (χ2v) is 5.94. The summed E-state index contributed by atoms with van der Waals surface area (Å²) in [5.41, 5.74) is 9.52. The molecule has 0 aromatic heterocycles. The Kier molecular flexibility index (Phi) is 2.31. The van der Waals surface area contributed by atoms with E-state index in [1.807, 2.05) is 0 Å². The number of hydrogen-bond acceptors (Lipinski definition) is 0. The minimum atomic E-state index is 0.220. The van der Waals surface area contributed by atoms with Crippen LogP contribution in [0.25, 0.3) is 0 Å². The standard InChI is InChI=1S/C17H20/c1-12-7-6-9-14-13-8-4-5-10-15(13)17(2,3)16(14)11-12/h6,9-11,13H,4-5,8H2,1-3H3/t13-/m1/s1. The summed E-state index contributed by atoms with van der Waals surface area (Å²) in [5.74, 6) is 0.675. The molecule has 0 radical (unpaired) electrons. The zero-order chi connectivity index (χ0) is 12.0. The Balaban J connectivity index is 2.20. The smallest absolute Gasteiger partial charge is 0.0114 e. The summed E-state index contributed by atoms with van der Waals surface area (Å²) in [6.07, 6.45) is 13.2. The molecule has 0 aromatic carbocycles. The van der Waals surface area contributed by atoms with Gasteiger partial charge in [-0.05, 0) is 55.1 Å².